The molecule has 1 aliphatic rings. The third-order valence-corrected chi connectivity index (χ3v) is 4.67. The van der Waals surface area contributed by atoms with E-state index in [9.17, 15) is 9.59 Å². The molecule has 0 unspecified atom stereocenters. The van der Waals surface area contributed by atoms with Gasteiger partial charge in [-0.3, -0.25) is 9.59 Å². The Hall–Kier alpha value is -3.35. The lowest BCUT2D eigenvalue weighted by molar-refractivity contribution is -0.143. The molecule has 2 heterocycles. The topological polar surface area (TPSA) is 84.5 Å². The highest BCUT2D eigenvalue weighted by molar-refractivity contribution is 5.82. The molecule has 28 heavy (non-hydrogen) atoms. The third kappa shape index (κ3) is 3.43. The predicted octanol–water partition coefficient (Wildman–Crippen LogP) is 2.50. The fraction of sp³-hybridized carbons (Fsp3) is 0.286. The van der Waals surface area contributed by atoms with Crippen LogP contribution in [0.3, 0.4) is 0 Å². The number of para-hydroxylation sites is 3. The molecule has 7 nitrogen and oxygen atoms in total. The van der Waals surface area contributed by atoms with Crippen molar-refractivity contribution in [2.45, 2.75) is 32.5 Å². The summed E-state index contributed by atoms with van der Waals surface area (Å²) in [5.41, 5.74) is 0.381. The van der Waals surface area contributed by atoms with Gasteiger partial charge >= 0.3 is 0 Å². The van der Waals surface area contributed by atoms with Crippen LogP contribution in [0, 0.1) is 0 Å². The molecule has 1 aromatic heterocycles. The molecule has 144 valence electrons. The molecule has 0 radical (unpaired) electrons. The van der Waals surface area contributed by atoms with E-state index in [4.69, 9.17) is 9.47 Å². The molecule has 1 atom stereocenters. The van der Waals surface area contributed by atoms with Crippen molar-refractivity contribution < 1.29 is 14.3 Å². The molecular weight excluding hydrogens is 358 g/mol. The van der Waals surface area contributed by atoms with Crippen LogP contribution < -0.4 is 15.0 Å². The highest BCUT2D eigenvalue weighted by Crippen LogP contribution is 2.31. The van der Waals surface area contributed by atoms with E-state index in [2.05, 4.69) is 9.97 Å². The summed E-state index contributed by atoms with van der Waals surface area (Å²) in [6, 6.07) is 14.3. The van der Waals surface area contributed by atoms with E-state index in [1.165, 1.54) is 0 Å². The number of hydrogen-bond acceptors (Lipinski definition) is 5. The van der Waals surface area contributed by atoms with E-state index in [-0.39, 0.29) is 30.7 Å². The fourth-order valence-corrected chi connectivity index (χ4v) is 3.21. The van der Waals surface area contributed by atoms with E-state index in [0.717, 1.165) is 0 Å². The number of amides is 1. The van der Waals surface area contributed by atoms with Gasteiger partial charge in [0, 0.05) is 6.04 Å². The number of H-pyrrole nitrogens is 1. The number of aromatic nitrogens is 2. The van der Waals surface area contributed by atoms with Crippen LogP contribution >= 0.6 is 0 Å². The fourth-order valence-electron chi connectivity index (χ4n) is 3.21. The number of ether oxygens (including phenoxy) is 2. The van der Waals surface area contributed by atoms with Crippen molar-refractivity contribution in [2.24, 2.45) is 0 Å². The molecule has 2 aromatic carbocycles. The number of fused-ring (bicyclic) bond motifs is 2. The number of carbonyl (C=O) groups excluding carboxylic acids is 1. The molecule has 0 aliphatic carbocycles. The van der Waals surface area contributed by atoms with Gasteiger partial charge in [-0.2, -0.15) is 0 Å². The van der Waals surface area contributed by atoms with Gasteiger partial charge in [0.15, 0.2) is 11.5 Å². The number of carbonyl (C=O) groups is 1. The molecule has 0 bridgehead atoms. The first-order valence-corrected chi connectivity index (χ1v) is 9.20. The lowest BCUT2D eigenvalue weighted by atomic mass is 10.2. The Labute approximate surface area is 161 Å². The number of hydrogen-bond donors (Lipinski definition) is 1. The van der Waals surface area contributed by atoms with E-state index in [1.807, 2.05) is 32.0 Å². The van der Waals surface area contributed by atoms with Crippen LogP contribution in [0.4, 0.5) is 0 Å². The lowest BCUT2D eigenvalue weighted by Crippen LogP contribution is -2.48. The molecular formula is C21H21N3O4. The first-order chi connectivity index (χ1) is 13.5. The first kappa shape index (κ1) is 18.0. The maximum absolute atomic E-state index is 13.1. The molecule has 0 saturated carbocycles. The Bertz CT molecular complexity index is 1080. The van der Waals surface area contributed by atoms with Crippen molar-refractivity contribution in [1.82, 2.24) is 14.9 Å². The Morgan fingerprint density at radius 1 is 1.18 bits per heavy atom. The van der Waals surface area contributed by atoms with Crippen LogP contribution in [0.2, 0.25) is 0 Å². The normalized spacial score (nSPS) is 15.6. The summed E-state index contributed by atoms with van der Waals surface area (Å²) in [6.07, 6.45) is -0.746. The minimum atomic E-state index is -0.746. The van der Waals surface area contributed by atoms with E-state index < -0.39 is 6.10 Å². The van der Waals surface area contributed by atoms with Crippen molar-refractivity contribution in [3.05, 3.63) is 64.7 Å². The van der Waals surface area contributed by atoms with E-state index in [1.54, 1.807) is 35.2 Å². The highest BCUT2D eigenvalue weighted by atomic mass is 16.6. The smallest absolute Gasteiger partial charge is 0.267 e. The van der Waals surface area contributed by atoms with E-state index >= 15 is 0 Å². The summed E-state index contributed by atoms with van der Waals surface area (Å²) < 4.78 is 11.5. The maximum Gasteiger partial charge on any atom is 0.267 e. The van der Waals surface area contributed by atoms with Crippen LogP contribution in [0.1, 0.15) is 19.7 Å². The maximum atomic E-state index is 13.1. The molecule has 7 heteroatoms. The largest absolute Gasteiger partial charge is 0.485 e. The Balaban J connectivity index is 1.58. The number of nitrogens with one attached hydrogen (secondary N) is 1. The summed E-state index contributed by atoms with van der Waals surface area (Å²) in [4.78, 5) is 34.3. The monoisotopic (exact) mass is 379 g/mol. The van der Waals surface area contributed by atoms with Gasteiger partial charge in [-0.15, -0.1) is 0 Å². The summed E-state index contributed by atoms with van der Waals surface area (Å²) in [5, 5.41) is 0.522. The van der Waals surface area contributed by atoms with Crippen molar-refractivity contribution in [3.8, 4) is 11.5 Å². The highest BCUT2D eigenvalue weighted by Gasteiger charge is 2.32. The quantitative estimate of drug-likeness (QED) is 0.753. The number of aromatic amines is 1. The minimum absolute atomic E-state index is 0.106. The first-order valence-electron chi connectivity index (χ1n) is 9.20. The number of nitrogens with zero attached hydrogens (tertiary/aromatic N) is 2. The van der Waals surface area contributed by atoms with Crippen LogP contribution in [0.5, 0.6) is 11.5 Å². The standard InChI is InChI=1S/C21H21N3O4/c1-13(2)24(11-19-22-15-8-4-3-7-14(15)20(25)23-19)21(26)18-12-27-16-9-5-6-10-17(16)28-18/h3-10,13,18H,11-12H2,1-2H3,(H,22,23,25)/t18-/m0/s1. The molecule has 1 N–H and O–H groups in total. The molecule has 1 amide bonds. The van der Waals surface area contributed by atoms with Crippen LogP contribution in [0.25, 0.3) is 10.9 Å². The summed E-state index contributed by atoms with van der Waals surface area (Å²) >= 11 is 0. The average Bonchev–Trinajstić information content (AvgIpc) is 2.71. The van der Waals surface area contributed by atoms with Crippen molar-refractivity contribution >= 4 is 16.8 Å². The Morgan fingerprint density at radius 2 is 1.89 bits per heavy atom. The zero-order valence-corrected chi connectivity index (χ0v) is 15.7. The number of benzene rings is 2. The van der Waals surface area contributed by atoms with Gasteiger partial charge < -0.3 is 19.4 Å². The molecule has 0 spiro atoms. The second kappa shape index (κ2) is 7.34. The van der Waals surface area contributed by atoms with Gasteiger partial charge in [0.25, 0.3) is 11.5 Å². The SMILES string of the molecule is CC(C)N(Cc1nc2ccccc2c(=O)[nH]1)C(=O)[C@@H]1COc2ccccc2O1. The molecule has 3 aromatic rings. The summed E-state index contributed by atoms with van der Waals surface area (Å²) in [7, 11) is 0. The van der Waals surface area contributed by atoms with Gasteiger partial charge in [0.1, 0.15) is 12.4 Å². The minimum Gasteiger partial charge on any atom is -0.485 e. The molecule has 0 fully saturated rings. The molecule has 0 saturated heterocycles. The van der Waals surface area contributed by atoms with E-state index in [0.29, 0.717) is 28.2 Å². The number of rotatable bonds is 4. The van der Waals surface area contributed by atoms with Crippen molar-refractivity contribution in [3.63, 3.8) is 0 Å². The molecule has 1 aliphatic heterocycles. The van der Waals surface area contributed by atoms with Crippen LogP contribution in [0.15, 0.2) is 53.3 Å². The van der Waals surface area contributed by atoms with Gasteiger partial charge in [0.2, 0.25) is 6.10 Å². The van der Waals surface area contributed by atoms with Crippen LogP contribution in [-0.4, -0.2) is 39.5 Å². The Morgan fingerprint density at radius 3 is 2.68 bits per heavy atom. The van der Waals surface area contributed by atoms with Crippen LogP contribution in [-0.2, 0) is 11.3 Å². The summed E-state index contributed by atoms with van der Waals surface area (Å²) in [6.45, 7) is 4.14. The lowest BCUT2D eigenvalue weighted by Gasteiger charge is -2.32. The van der Waals surface area contributed by atoms with Gasteiger partial charge in [0.05, 0.1) is 17.4 Å². The second-order valence-corrected chi connectivity index (χ2v) is 6.95. The van der Waals surface area contributed by atoms with Gasteiger partial charge in [-0.25, -0.2) is 4.98 Å². The zero-order chi connectivity index (χ0) is 19.7. The zero-order valence-electron chi connectivity index (χ0n) is 15.7. The van der Waals surface area contributed by atoms with Gasteiger partial charge in [-0.1, -0.05) is 24.3 Å². The predicted molar refractivity (Wildman–Crippen MR) is 104 cm³/mol. The summed E-state index contributed by atoms with van der Waals surface area (Å²) in [5.74, 6) is 1.40. The van der Waals surface area contributed by atoms with Crippen molar-refractivity contribution in [2.75, 3.05) is 6.61 Å². The third-order valence-electron chi connectivity index (χ3n) is 4.67. The van der Waals surface area contributed by atoms with Crippen molar-refractivity contribution in [1.29, 1.82) is 0 Å². The Kier molecular flexibility index (Phi) is 4.73. The average molecular weight is 379 g/mol. The second-order valence-electron chi connectivity index (χ2n) is 6.95. The molecule has 4 rings (SSSR count). The van der Waals surface area contributed by atoms with Gasteiger partial charge in [-0.05, 0) is 38.1 Å².